The van der Waals surface area contributed by atoms with Crippen molar-refractivity contribution in [3.63, 3.8) is 0 Å². The molecule has 3 aliphatic rings. The van der Waals surface area contributed by atoms with E-state index < -0.39 is 5.97 Å². The fourth-order valence-electron chi connectivity index (χ4n) is 3.87. The van der Waals surface area contributed by atoms with Gasteiger partial charge in [-0.1, -0.05) is 12.1 Å². The molecule has 98 valence electrons. The summed E-state index contributed by atoms with van der Waals surface area (Å²) in [4.78, 5) is 13.8. The van der Waals surface area contributed by atoms with Crippen LogP contribution in [0.1, 0.15) is 34.7 Å². The van der Waals surface area contributed by atoms with E-state index >= 15 is 0 Å². The van der Waals surface area contributed by atoms with Crippen molar-refractivity contribution in [1.29, 1.82) is 0 Å². The van der Waals surface area contributed by atoms with Crippen LogP contribution in [0.2, 0.25) is 0 Å². The molecule has 4 heteroatoms. The van der Waals surface area contributed by atoms with Crippen LogP contribution in [0.25, 0.3) is 10.9 Å². The first-order valence-corrected chi connectivity index (χ1v) is 6.78. The van der Waals surface area contributed by atoms with E-state index in [-0.39, 0.29) is 0 Å². The largest absolute Gasteiger partial charge is 0.478 e. The topological polar surface area (TPSA) is 45.5 Å². The number of fused-ring (bicyclic) bond motifs is 3. The minimum atomic E-state index is -0.842. The maximum atomic E-state index is 11.4. The Morgan fingerprint density at radius 2 is 2.05 bits per heavy atom. The molecule has 1 fully saturated rings. The van der Waals surface area contributed by atoms with Gasteiger partial charge in [-0.2, -0.15) is 0 Å². The summed E-state index contributed by atoms with van der Waals surface area (Å²) < 4.78 is 2.08. The molecule has 1 aromatic heterocycles. The number of rotatable bonds is 1. The predicted octanol–water partition coefficient (Wildman–Crippen LogP) is 2.57. The number of benzene rings is 1. The molecule has 2 bridgehead atoms. The highest BCUT2D eigenvalue weighted by Gasteiger charge is 2.36. The maximum absolute atomic E-state index is 11.4. The molecule has 5 rings (SSSR count). The van der Waals surface area contributed by atoms with E-state index in [1.54, 1.807) is 6.07 Å². The van der Waals surface area contributed by atoms with Crippen LogP contribution in [-0.4, -0.2) is 28.7 Å². The van der Waals surface area contributed by atoms with Crippen LogP contribution in [0.4, 0.5) is 5.82 Å². The lowest BCUT2D eigenvalue weighted by atomic mass is 9.84. The molecule has 0 aliphatic carbocycles. The zero-order chi connectivity index (χ0) is 13.1. The third kappa shape index (κ3) is 1.26. The minimum Gasteiger partial charge on any atom is -0.478 e. The van der Waals surface area contributed by atoms with Gasteiger partial charge in [-0.3, -0.25) is 0 Å². The van der Waals surface area contributed by atoms with Crippen molar-refractivity contribution in [2.45, 2.75) is 18.8 Å². The van der Waals surface area contributed by atoms with Crippen molar-refractivity contribution in [1.82, 2.24) is 4.57 Å². The number of carbonyl (C=O) groups is 1. The quantitative estimate of drug-likeness (QED) is 0.853. The summed E-state index contributed by atoms with van der Waals surface area (Å²) in [5.74, 6) is 1.00. The lowest BCUT2D eigenvalue weighted by molar-refractivity contribution is 0.0698. The van der Waals surface area contributed by atoms with Crippen LogP contribution in [0.3, 0.4) is 0 Å². The number of aromatic nitrogens is 1. The second-order valence-corrected chi connectivity index (χ2v) is 5.56. The van der Waals surface area contributed by atoms with E-state index in [4.69, 9.17) is 0 Å². The molecule has 2 aromatic rings. The van der Waals surface area contributed by atoms with E-state index in [0.717, 1.165) is 24.0 Å². The normalized spacial score (nSPS) is 18.1. The summed E-state index contributed by atoms with van der Waals surface area (Å²) in [6.07, 6.45) is 2.40. The van der Waals surface area contributed by atoms with Crippen molar-refractivity contribution < 1.29 is 9.90 Å². The number of carboxylic acid groups (broad SMARTS) is 1. The van der Waals surface area contributed by atoms with Gasteiger partial charge in [0.1, 0.15) is 5.82 Å². The molecule has 0 unspecified atom stereocenters. The first-order valence-electron chi connectivity index (χ1n) is 6.78. The SMILES string of the molecule is Cn1c2c(c3cccc(C(=O)O)c31)C1CCN2CC1. The molecule has 1 aromatic carbocycles. The second kappa shape index (κ2) is 3.53. The number of anilines is 1. The van der Waals surface area contributed by atoms with Crippen molar-refractivity contribution in [2.75, 3.05) is 18.0 Å². The molecular formula is C15H16N2O2. The summed E-state index contributed by atoms with van der Waals surface area (Å²) in [5.41, 5.74) is 2.66. The Morgan fingerprint density at radius 1 is 1.32 bits per heavy atom. The Bertz CT molecular complexity index is 694. The number of hydrogen-bond acceptors (Lipinski definition) is 2. The van der Waals surface area contributed by atoms with Crippen molar-refractivity contribution in [2.24, 2.45) is 7.05 Å². The number of carboxylic acids is 1. The lowest BCUT2D eigenvalue weighted by Crippen LogP contribution is -2.39. The van der Waals surface area contributed by atoms with Gasteiger partial charge in [-0.05, 0) is 24.8 Å². The summed E-state index contributed by atoms with van der Waals surface area (Å²) in [6, 6.07) is 5.64. The molecular weight excluding hydrogens is 240 g/mol. The maximum Gasteiger partial charge on any atom is 0.337 e. The summed E-state index contributed by atoms with van der Waals surface area (Å²) >= 11 is 0. The van der Waals surface area contributed by atoms with Gasteiger partial charge >= 0.3 is 5.97 Å². The number of aryl methyl sites for hydroxylation is 1. The highest BCUT2D eigenvalue weighted by Crippen LogP contribution is 2.47. The van der Waals surface area contributed by atoms with Crippen LogP contribution in [-0.2, 0) is 7.05 Å². The number of para-hydroxylation sites is 1. The van der Waals surface area contributed by atoms with E-state index in [1.165, 1.54) is 24.2 Å². The van der Waals surface area contributed by atoms with Crippen LogP contribution in [0.15, 0.2) is 18.2 Å². The number of piperidine rings is 1. The van der Waals surface area contributed by atoms with Gasteiger partial charge < -0.3 is 14.6 Å². The van der Waals surface area contributed by atoms with Gasteiger partial charge in [0.05, 0.1) is 11.1 Å². The molecule has 0 saturated carbocycles. The summed E-state index contributed by atoms with van der Waals surface area (Å²) in [7, 11) is 1.99. The minimum absolute atomic E-state index is 0.412. The molecule has 4 heterocycles. The van der Waals surface area contributed by atoms with Crippen LogP contribution in [0, 0.1) is 0 Å². The zero-order valence-corrected chi connectivity index (χ0v) is 10.9. The molecule has 0 radical (unpaired) electrons. The van der Waals surface area contributed by atoms with Gasteiger partial charge in [0, 0.05) is 31.1 Å². The molecule has 3 aliphatic heterocycles. The van der Waals surface area contributed by atoms with Crippen molar-refractivity contribution >= 4 is 22.7 Å². The van der Waals surface area contributed by atoms with Crippen LogP contribution >= 0.6 is 0 Å². The first-order chi connectivity index (χ1) is 9.18. The zero-order valence-electron chi connectivity index (χ0n) is 10.9. The fourth-order valence-corrected chi connectivity index (χ4v) is 3.87. The van der Waals surface area contributed by atoms with Crippen LogP contribution in [0.5, 0.6) is 0 Å². The third-order valence-corrected chi connectivity index (χ3v) is 4.65. The molecule has 0 spiro atoms. The Hall–Kier alpha value is -1.97. The number of nitrogens with zero attached hydrogens (tertiary/aromatic N) is 2. The fraction of sp³-hybridized carbons (Fsp3) is 0.400. The second-order valence-electron chi connectivity index (χ2n) is 5.56. The monoisotopic (exact) mass is 256 g/mol. The third-order valence-electron chi connectivity index (χ3n) is 4.65. The summed E-state index contributed by atoms with van der Waals surface area (Å²) in [5, 5.41) is 10.5. The highest BCUT2D eigenvalue weighted by molar-refractivity contribution is 6.05. The lowest BCUT2D eigenvalue weighted by Gasteiger charge is -2.41. The average molecular weight is 256 g/mol. The van der Waals surface area contributed by atoms with E-state index in [0.29, 0.717) is 11.5 Å². The molecule has 4 nitrogen and oxygen atoms in total. The van der Waals surface area contributed by atoms with Gasteiger partial charge in [0.25, 0.3) is 0 Å². The smallest absolute Gasteiger partial charge is 0.337 e. The van der Waals surface area contributed by atoms with E-state index in [1.807, 2.05) is 13.1 Å². The van der Waals surface area contributed by atoms with Gasteiger partial charge in [0.2, 0.25) is 0 Å². The standard InChI is InChI=1S/C15H16N2O2/c1-16-13-10(3-2-4-11(13)15(18)19)12-9-5-7-17(8-6-9)14(12)16/h2-4,9H,5-8H2,1H3,(H,18,19). The van der Waals surface area contributed by atoms with Crippen molar-refractivity contribution in [3.8, 4) is 0 Å². The van der Waals surface area contributed by atoms with Gasteiger partial charge in [-0.15, -0.1) is 0 Å². The molecule has 19 heavy (non-hydrogen) atoms. The molecule has 0 atom stereocenters. The average Bonchev–Trinajstić information content (AvgIpc) is 2.76. The molecule has 1 N–H and O–H groups in total. The number of aromatic carboxylic acids is 1. The summed E-state index contributed by atoms with van der Waals surface area (Å²) in [6.45, 7) is 2.20. The predicted molar refractivity (Wildman–Crippen MR) is 74.1 cm³/mol. The Kier molecular flexibility index (Phi) is 2.03. The Morgan fingerprint density at radius 3 is 2.74 bits per heavy atom. The molecule has 0 amide bonds. The van der Waals surface area contributed by atoms with Gasteiger partial charge in [0.15, 0.2) is 0 Å². The van der Waals surface area contributed by atoms with Crippen LogP contribution < -0.4 is 4.90 Å². The van der Waals surface area contributed by atoms with Gasteiger partial charge in [-0.25, -0.2) is 4.79 Å². The first kappa shape index (κ1) is 10.9. The van der Waals surface area contributed by atoms with E-state index in [9.17, 15) is 9.90 Å². The van der Waals surface area contributed by atoms with E-state index in [2.05, 4.69) is 15.5 Å². The highest BCUT2D eigenvalue weighted by atomic mass is 16.4. The molecule has 1 saturated heterocycles. The Balaban J connectivity index is 2.14. The van der Waals surface area contributed by atoms with Crippen molar-refractivity contribution in [3.05, 3.63) is 29.3 Å². The Labute approximate surface area is 111 Å². The number of hydrogen-bond donors (Lipinski definition) is 1.